The van der Waals surface area contributed by atoms with Crippen molar-refractivity contribution in [1.29, 1.82) is 0 Å². The van der Waals surface area contributed by atoms with E-state index in [1.54, 1.807) is 0 Å². The smallest absolute Gasteiger partial charge is 0.132 e. The van der Waals surface area contributed by atoms with Crippen LogP contribution in [0.1, 0.15) is 16.8 Å². The van der Waals surface area contributed by atoms with E-state index in [2.05, 4.69) is 45.1 Å². The molecule has 0 aliphatic heterocycles. The van der Waals surface area contributed by atoms with Gasteiger partial charge in [0.25, 0.3) is 0 Å². The molecule has 2 heterocycles. The third-order valence-corrected chi connectivity index (χ3v) is 3.74. The van der Waals surface area contributed by atoms with E-state index in [-0.39, 0.29) is 0 Å². The molecule has 0 unspecified atom stereocenters. The molecule has 1 aromatic carbocycles. The van der Waals surface area contributed by atoms with Gasteiger partial charge in [0.15, 0.2) is 0 Å². The maximum atomic E-state index is 5.82. The van der Waals surface area contributed by atoms with Crippen LogP contribution in [0.2, 0.25) is 0 Å². The highest BCUT2D eigenvalue weighted by molar-refractivity contribution is 7.09. The predicted molar refractivity (Wildman–Crippen MR) is 72.6 cm³/mol. The van der Waals surface area contributed by atoms with Gasteiger partial charge >= 0.3 is 0 Å². The topological polar surface area (TPSA) is 69.6 Å². The summed E-state index contributed by atoms with van der Waals surface area (Å²) in [5, 5.41) is 4.70. The minimum absolute atomic E-state index is 0.612. The van der Waals surface area contributed by atoms with Gasteiger partial charge in [-0.25, -0.2) is 4.98 Å². The Morgan fingerprint density at radius 3 is 2.78 bits per heavy atom. The number of hydrogen-bond acceptors (Lipinski definition) is 5. The lowest BCUT2D eigenvalue weighted by Gasteiger charge is -2.04. The molecule has 92 valence electrons. The zero-order chi connectivity index (χ0) is 12.7. The number of rotatable bonds is 2. The van der Waals surface area contributed by atoms with Gasteiger partial charge in [-0.2, -0.15) is 0 Å². The number of benzene rings is 1. The van der Waals surface area contributed by atoms with Crippen molar-refractivity contribution < 1.29 is 0 Å². The summed E-state index contributed by atoms with van der Waals surface area (Å²) in [5.41, 5.74) is 11.2. The summed E-state index contributed by atoms with van der Waals surface area (Å²) in [6.45, 7) is 4.81. The Morgan fingerprint density at radius 1 is 1.28 bits per heavy atom. The lowest BCUT2D eigenvalue weighted by Crippen LogP contribution is -2.01. The molecule has 18 heavy (non-hydrogen) atoms. The van der Waals surface area contributed by atoms with Gasteiger partial charge in [-0.3, -0.25) is 0 Å². The third kappa shape index (κ3) is 1.74. The average molecular weight is 259 g/mol. The van der Waals surface area contributed by atoms with Crippen molar-refractivity contribution in [2.24, 2.45) is 0 Å². The second-order valence-electron chi connectivity index (χ2n) is 4.38. The summed E-state index contributed by atoms with van der Waals surface area (Å²) in [6.07, 6.45) is 1.82. The van der Waals surface area contributed by atoms with E-state index in [0.29, 0.717) is 11.5 Å². The lowest BCUT2D eigenvalue weighted by molar-refractivity contribution is 0.792. The first-order chi connectivity index (χ1) is 8.65. The Kier molecular flexibility index (Phi) is 2.52. The van der Waals surface area contributed by atoms with Crippen molar-refractivity contribution in [3.8, 4) is 0 Å². The van der Waals surface area contributed by atoms with Crippen molar-refractivity contribution in [2.45, 2.75) is 20.4 Å². The summed E-state index contributed by atoms with van der Waals surface area (Å²) in [7, 11) is 0. The molecule has 0 amide bonds. The number of aromatic nitrogens is 4. The number of imidazole rings is 1. The van der Waals surface area contributed by atoms with Crippen LogP contribution in [0.3, 0.4) is 0 Å². The Labute approximate surface area is 108 Å². The largest absolute Gasteiger partial charge is 0.388 e. The van der Waals surface area contributed by atoms with Gasteiger partial charge in [0.05, 0.1) is 23.9 Å². The third-order valence-electron chi connectivity index (χ3n) is 3.14. The normalized spacial score (nSPS) is 11.2. The van der Waals surface area contributed by atoms with E-state index < -0.39 is 0 Å². The van der Waals surface area contributed by atoms with Crippen molar-refractivity contribution in [2.75, 3.05) is 5.73 Å². The van der Waals surface area contributed by atoms with Crippen molar-refractivity contribution in [3.05, 3.63) is 35.3 Å². The Morgan fingerprint density at radius 2 is 2.06 bits per heavy atom. The molecule has 0 aliphatic rings. The standard InChI is InChI=1S/C12H13N5S/c1-7-3-9-11(4-8(7)2)17(6-14-9)5-10-12(13)18-16-15-10/h3-4,6H,5,13H2,1-2H3. The highest BCUT2D eigenvalue weighted by Gasteiger charge is 2.09. The molecule has 5 nitrogen and oxygen atoms in total. The van der Waals surface area contributed by atoms with Gasteiger partial charge in [-0.1, -0.05) is 4.49 Å². The SMILES string of the molecule is Cc1cc2ncn(Cc3nnsc3N)c2cc1C. The number of nitrogen functional groups attached to an aromatic ring is 1. The van der Waals surface area contributed by atoms with E-state index in [0.717, 1.165) is 16.7 Å². The van der Waals surface area contributed by atoms with Crippen LogP contribution in [0.15, 0.2) is 18.5 Å². The number of anilines is 1. The Bertz CT molecular complexity index is 712. The molecule has 0 saturated heterocycles. The molecule has 0 bridgehead atoms. The van der Waals surface area contributed by atoms with Crippen LogP contribution in [0.4, 0.5) is 5.00 Å². The Hall–Kier alpha value is -1.95. The average Bonchev–Trinajstić information content (AvgIpc) is 2.90. The molecule has 2 N–H and O–H groups in total. The molecule has 0 aliphatic carbocycles. The second-order valence-corrected chi connectivity index (χ2v) is 5.17. The lowest BCUT2D eigenvalue weighted by atomic mass is 10.1. The number of nitrogens with zero attached hydrogens (tertiary/aromatic N) is 4. The van der Waals surface area contributed by atoms with Gasteiger partial charge in [-0.15, -0.1) is 5.10 Å². The van der Waals surface area contributed by atoms with Crippen LogP contribution in [0, 0.1) is 13.8 Å². The molecule has 3 aromatic rings. The number of nitrogens with two attached hydrogens (primary N) is 1. The monoisotopic (exact) mass is 259 g/mol. The summed E-state index contributed by atoms with van der Waals surface area (Å²) in [6, 6.07) is 4.25. The Balaban J connectivity index is 2.08. The summed E-state index contributed by atoms with van der Waals surface area (Å²) in [5.74, 6) is 0. The first-order valence-electron chi connectivity index (χ1n) is 5.64. The molecular weight excluding hydrogens is 246 g/mol. The molecular formula is C12H13N5S. The fraction of sp³-hybridized carbons (Fsp3) is 0.250. The molecule has 0 radical (unpaired) electrons. The van der Waals surface area contributed by atoms with Gasteiger partial charge in [0.1, 0.15) is 10.7 Å². The first kappa shape index (κ1) is 11.2. The number of hydrogen-bond donors (Lipinski definition) is 1. The molecule has 2 aromatic heterocycles. The van der Waals surface area contributed by atoms with Gasteiger partial charge in [0, 0.05) is 11.5 Å². The van der Waals surface area contributed by atoms with E-state index in [9.17, 15) is 0 Å². The molecule has 6 heteroatoms. The van der Waals surface area contributed by atoms with Crippen LogP contribution in [0.25, 0.3) is 11.0 Å². The van der Waals surface area contributed by atoms with Crippen LogP contribution in [-0.4, -0.2) is 19.1 Å². The van der Waals surface area contributed by atoms with E-state index in [1.165, 1.54) is 22.7 Å². The summed E-state index contributed by atoms with van der Waals surface area (Å²) < 4.78 is 5.90. The van der Waals surface area contributed by atoms with Gasteiger partial charge in [0.2, 0.25) is 0 Å². The maximum absolute atomic E-state index is 5.82. The molecule has 3 rings (SSSR count). The molecule has 0 spiro atoms. The quantitative estimate of drug-likeness (QED) is 0.765. The van der Waals surface area contributed by atoms with Crippen LogP contribution in [0.5, 0.6) is 0 Å². The van der Waals surface area contributed by atoms with E-state index in [1.807, 2.05) is 6.33 Å². The predicted octanol–water partition coefficient (Wildman–Crippen LogP) is 2.14. The van der Waals surface area contributed by atoms with E-state index >= 15 is 0 Å². The fourth-order valence-electron chi connectivity index (χ4n) is 1.93. The minimum atomic E-state index is 0.612. The molecule has 0 atom stereocenters. The van der Waals surface area contributed by atoms with E-state index in [4.69, 9.17) is 5.73 Å². The first-order valence-corrected chi connectivity index (χ1v) is 6.41. The van der Waals surface area contributed by atoms with Crippen molar-refractivity contribution >= 4 is 27.6 Å². The van der Waals surface area contributed by atoms with Crippen LogP contribution < -0.4 is 5.73 Å². The zero-order valence-corrected chi connectivity index (χ0v) is 11.0. The zero-order valence-electron chi connectivity index (χ0n) is 10.2. The highest BCUT2D eigenvalue weighted by Crippen LogP contribution is 2.21. The second kappa shape index (κ2) is 4.06. The molecule has 0 saturated carbocycles. The van der Waals surface area contributed by atoms with Gasteiger partial charge in [-0.05, 0) is 37.1 Å². The van der Waals surface area contributed by atoms with Crippen LogP contribution >= 0.6 is 11.5 Å². The van der Waals surface area contributed by atoms with Crippen molar-refractivity contribution in [3.63, 3.8) is 0 Å². The van der Waals surface area contributed by atoms with Gasteiger partial charge < -0.3 is 10.3 Å². The summed E-state index contributed by atoms with van der Waals surface area (Å²) >= 11 is 1.22. The fourth-order valence-corrected chi connectivity index (χ4v) is 2.36. The number of aryl methyl sites for hydroxylation is 2. The van der Waals surface area contributed by atoms with Crippen molar-refractivity contribution in [1.82, 2.24) is 19.1 Å². The maximum Gasteiger partial charge on any atom is 0.132 e. The summed E-state index contributed by atoms with van der Waals surface area (Å²) in [4.78, 5) is 4.41. The van der Waals surface area contributed by atoms with Crippen LogP contribution in [-0.2, 0) is 6.54 Å². The minimum Gasteiger partial charge on any atom is -0.388 e. The molecule has 0 fully saturated rings. The number of fused-ring (bicyclic) bond motifs is 1. The highest BCUT2D eigenvalue weighted by atomic mass is 32.1.